The molecular weight excluding hydrogens is 186 g/mol. The summed E-state index contributed by atoms with van der Waals surface area (Å²) in [7, 11) is 0. The number of nitrogens with two attached hydrogens (primary N) is 1. The summed E-state index contributed by atoms with van der Waals surface area (Å²) in [6.45, 7) is 4.75. The zero-order chi connectivity index (χ0) is 11.3. The summed E-state index contributed by atoms with van der Waals surface area (Å²) in [5.41, 5.74) is 7.48. The molecule has 0 atom stereocenters. The molecule has 0 saturated heterocycles. The summed E-state index contributed by atoms with van der Waals surface area (Å²) < 4.78 is 0. The standard InChI is InChI=1S/C13H19NO/c1-13(2,10-15)12-7-3-5-11(9-12)6-4-8-14/h3-7,9,15H,8,10,14H2,1-2H3/b6-4+. The van der Waals surface area contributed by atoms with E-state index >= 15 is 0 Å². The molecular formula is C13H19NO. The second-order valence-corrected chi connectivity index (χ2v) is 4.31. The fraction of sp³-hybridized carbons (Fsp3) is 0.385. The first-order chi connectivity index (χ1) is 7.10. The SMILES string of the molecule is CC(C)(CO)c1cccc(/C=C/CN)c1. The highest BCUT2D eigenvalue weighted by molar-refractivity contribution is 5.51. The summed E-state index contributed by atoms with van der Waals surface area (Å²) in [4.78, 5) is 0. The van der Waals surface area contributed by atoms with Crippen LogP contribution >= 0.6 is 0 Å². The molecule has 1 rings (SSSR count). The lowest BCUT2D eigenvalue weighted by molar-refractivity contribution is 0.218. The largest absolute Gasteiger partial charge is 0.395 e. The van der Waals surface area contributed by atoms with Gasteiger partial charge in [-0.1, -0.05) is 50.3 Å². The summed E-state index contributed by atoms with van der Waals surface area (Å²) in [5, 5.41) is 9.28. The summed E-state index contributed by atoms with van der Waals surface area (Å²) in [5.74, 6) is 0. The average molecular weight is 205 g/mol. The van der Waals surface area contributed by atoms with Gasteiger partial charge in [0.15, 0.2) is 0 Å². The first-order valence-electron chi connectivity index (χ1n) is 5.18. The van der Waals surface area contributed by atoms with Crippen molar-refractivity contribution in [2.45, 2.75) is 19.3 Å². The molecule has 0 heterocycles. The van der Waals surface area contributed by atoms with Crippen molar-refractivity contribution < 1.29 is 5.11 Å². The van der Waals surface area contributed by atoms with Crippen molar-refractivity contribution in [3.8, 4) is 0 Å². The van der Waals surface area contributed by atoms with Gasteiger partial charge in [-0.2, -0.15) is 0 Å². The molecule has 0 aliphatic rings. The Morgan fingerprint density at radius 2 is 2.13 bits per heavy atom. The second-order valence-electron chi connectivity index (χ2n) is 4.31. The number of rotatable bonds is 4. The maximum Gasteiger partial charge on any atom is 0.0522 e. The summed E-state index contributed by atoms with van der Waals surface area (Å²) >= 11 is 0. The molecule has 1 aromatic rings. The van der Waals surface area contributed by atoms with Crippen molar-refractivity contribution in [3.63, 3.8) is 0 Å². The van der Waals surface area contributed by atoms with Crippen LogP contribution in [0.1, 0.15) is 25.0 Å². The summed E-state index contributed by atoms with van der Waals surface area (Å²) in [6.07, 6.45) is 3.92. The molecule has 0 saturated carbocycles. The van der Waals surface area contributed by atoms with E-state index in [4.69, 9.17) is 5.73 Å². The smallest absolute Gasteiger partial charge is 0.0522 e. The van der Waals surface area contributed by atoms with Crippen LogP contribution in [0.25, 0.3) is 6.08 Å². The van der Waals surface area contributed by atoms with Gasteiger partial charge in [0.25, 0.3) is 0 Å². The third kappa shape index (κ3) is 3.18. The van der Waals surface area contributed by atoms with Crippen molar-refractivity contribution >= 4 is 6.08 Å². The molecule has 1 aromatic carbocycles. The minimum Gasteiger partial charge on any atom is -0.395 e. The van der Waals surface area contributed by atoms with E-state index in [0.29, 0.717) is 6.54 Å². The Balaban J connectivity index is 2.97. The van der Waals surface area contributed by atoms with Gasteiger partial charge in [0.05, 0.1) is 6.61 Å². The van der Waals surface area contributed by atoms with Gasteiger partial charge in [0.1, 0.15) is 0 Å². The average Bonchev–Trinajstić information content (AvgIpc) is 2.27. The second kappa shape index (κ2) is 5.10. The van der Waals surface area contributed by atoms with Gasteiger partial charge in [-0.05, 0) is 11.1 Å². The topological polar surface area (TPSA) is 46.2 Å². The highest BCUT2D eigenvalue weighted by Crippen LogP contribution is 2.23. The molecule has 15 heavy (non-hydrogen) atoms. The van der Waals surface area contributed by atoms with Crippen molar-refractivity contribution in [1.82, 2.24) is 0 Å². The van der Waals surface area contributed by atoms with E-state index in [1.807, 2.05) is 44.2 Å². The van der Waals surface area contributed by atoms with E-state index in [2.05, 4.69) is 6.07 Å². The van der Waals surface area contributed by atoms with Crippen LogP contribution in [0.4, 0.5) is 0 Å². The molecule has 0 aliphatic carbocycles. The van der Waals surface area contributed by atoms with Crippen LogP contribution in [0.15, 0.2) is 30.3 Å². The maximum absolute atomic E-state index is 9.28. The van der Waals surface area contributed by atoms with Gasteiger partial charge < -0.3 is 10.8 Å². The highest BCUT2D eigenvalue weighted by Gasteiger charge is 2.18. The van der Waals surface area contributed by atoms with Crippen LogP contribution in [0.3, 0.4) is 0 Å². The Hall–Kier alpha value is -1.12. The summed E-state index contributed by atoms with van der Waals surface area (Å²) in [6, 6.07) is 8.16. The fourth-order valence-corrected chi connectivity index (χ4v) is 1.36. The van der Waals surface area contributed by atoms with Crippen LogP contribution in [-0.2, 0) is 5.41 Å². The number of aliphatic hydroxyl groups excluding tert-OH is 1. The Kier molecular flexibility index (Phi) is 4.06. The van der Waals surface area contributed by atoms with Crippen LogP contribution in [0.2, 0.25) is 0 Å². The van der Waals surface area contributed by atoms with E-state index in [1.54, 1.807) is 0 Å². The minimum atomic E-state index is -0.188. The molecule has 0 amide bonds. The Bertz CT molecular complexity index is 342. The van der Waals surface area contributed by atoms with Crippen molar-refractivity contribution in [2.75, 3.05) is 13.2 Å². The Labute approximate surface area is 91.4 Å². The monoisotopic (exact) mass is 205 g/mol. The predicted molar refractivity (Wildman–Crippen MR) is 64.6 cm³/mol. The van der Waals surface area contributed by atoms with Crippen LogP contribution < -0.4 is 5.73 Å². The predicted octanol–water partition coefficient (Wildman–Crippen LogP) is 1.93. The van der Waals surface area contributed by atoms with E-state index in [0.717, 1.165) is 11.1 Å². The molecule has 2 nitrogen and oxygen atoms in total. The quantitative estimate of drug-likeness (QED) is 0.789. The van der Waals surface area contributed by atoms with Gasteiger partial charge in [0, 0.05) is 12.0 Å². The van der Waals surface area contributed by atoms with E-state index in [-0.39, 0.29) is 12.0 Å². The lowest BCUT2D eigenvalue weighted by Gasteiger charge is -2.22. The Morgan fingerprint density at radius 1 is 1.40 bits per heavy atom. The molecule has 0 spiro atoms. The van der Waals surface area contributed by atoms with Gasteiger partial charge in [-0.25, -0.2) is 0 Å². The van der Waals surface area contributed by atoms with Gasteiger partial charge >= 0.3 is 0 Å². The molecule has 82 valence electrons. The van der Waals surface area contributed by atoms with Crippen molar-refractivity contribution in [3.05, 3.63) is 41.5 Å². The molecule has 2 heteroatoms. The first-order valence-corrected chi connectivity index (χ1v) is 5.18. The third-order valence-corrected chi connectivity index (χ3v) is 2.51. The number of hydrogen-bond acceptors (Lipinski definition) is 2. The maximum atomic E-state index is 9.28. The molecule has 3 N–H and O–H groups in total. The number of benzene rings is 1. The van der Waals surface area contributed by atoms with Crippen molar-refractivity contribution in [2.24, 2.45) is 5.73 Å². The van der Waals surface area contributed by atoms with E-state index in [1.165, 1.54) is 0 Å². The zero-order valence-electron chi connectivity index (χ0n) is 9.40. The lowest BCUT2D eigenvalue weighted by Crippen LogP contribution is -2.21. The molecule has 0 radical (unpaired) electrons. The molecule has 0 fully saturated rings. The van der Waals surface area contributed by atoms with Crippen LogP contribution in [0.5, 0.6) is 0 Å². The normalized spacial score (nSPS) is 12.3. The van der Waals surface area contributed by atoms with Crippen LogP contribution in [0, 0.1) is 0 Å². The van der Waals surface area contributed by atoms with Gasteiger partial charge in [-0.15, -0.1) is 0 Å². The highest BCUT2D eigenvalue weighted by atomic mass is 16.3. The minimum absolute atomic E-state index is 0.150. The van der Waals surface area contributed by atoms with E-state index < -0.39 is 0 Å². The molecule has 0 aromatic heterocycles. The van der Waals surface area contributed by atoms with E-state index in [9.17, 15) is 5.11 Å². The fourth-order valence-electron chi connectivity index (χ4n) is 1.36. The third-order valence-electron chi connectivity index (χ3n) is 2.51. The first kappa shape index (κ1) is 12.0. The van der Waals surface area contributed by atoms with Crippen molar-refractivity contribution in [1.29, 1.82) is 0 Å². The van der Waals surface area contributed by atoms with Gasteiger partial charge in [-0.3, -0.25) is 0 Å². The molecule has 0 aliphatic heterocycles. The molecule has 0 unspecified atom stereocenters. The van der Waals surface area contributed by atoms with Gasteiger partial charge in [0.2, 0.25) is 0 Å². The zero-order valence-corrected chi connectivity index (χ0v) is 9.40. The Morgan fingerprint density at radius 3 is 2.73 bits per heavy atom. The number of aliphatic hydroxyl groups is 1. The lowest BCUT2D eigenvalue weighted by atomic mass is 9.85. The molecule has 0 bridgehead atoms. The number of hydrogen-bond donors (Lipinski definition) is 2. The van der Waals surface area contributed by atoms with Crippen LogP contribution in [-0.4, -0.2) is 18.3 Å².